The molecular formula is C20H18O3. The third-order valence-corrected chi connectivity index (χ3v) is 3.62. The quantitative estimate of drug-likeness (QED) is 0.746. The van der Waals surface area contributed by atoms with E-state index in [0.717, 1.165) is 16.9 Å². The van der Waals surface area contributed by atoms with Gasteiger partial charge >= 0.3 is 0 Å². The predicted octanol–water partition coefficient (Wildman–Crippen LogP) is 4.65. The molecule has 0 aliphatic rings. The normalized spacial score (nSPS) is 10.3. The maximum Gasteiger partial charge on any atom is 0.131 e. The first kappa shape index (κ1) is 15.0. The highest BCUT2D eigenvalue weighted by Crippen LogP contribution is 2.38. The largest absolute Gasteiger partial charge is 0.507 e. The van der Waals surface area contributed by atoms with Gasteiger partial charge in [0.1, 0.15) is 23.9 Å². The number of hydrogen-bond acceptors (Lipinski definition) is 3. The lowest BCUT2D eigenvalue weighted by Crippen LogP contribution is -1.97. The van der Waals surface area contributed by atoms with Crippen LogP contribution in [0.25, 0.3) is 11.1 Å². The van der Waals surface area contributed by atoms with Gasteiger partial charge in [-0.15, -0.1) is 0 Å². The summed E-state index contributed by atoms with van der Waals surface area (Å²) in [5.74, 6) is 1.62. The van der Waals surface area contributed by atoms with Crippen molar-refractivity contribution in [2.24, 2.45) is 0 Å². The summed E-state index contributed by atoms with van der Waals surface area (Å²) in [7, 11) is 1.63. The van der Waals surface area contributed by atoms with Crippen LogP contribution in [0.4, 0.5) is 0 Å². The molecule has 0 heterocycles. The summed E-state index contributed by atoms with van der Waals surface area (Å²) in [6.07, 6.45) is 0. The summed E-state index contributed by atoms with van der Waals surface area (Å²) >= 11 is 0. The molecule has 3 nitrogen and oxygen atoms in total. The molecule has 3 aromatic rings. The fourth-order valence-corrected chi connectivity index (χ4v) is 2.42. The molecule has 1 N–H and O–H groups in total. The zero-order chi connectivity index (χ0) is 16.1. The van der Waals surface area contributed by atoms with Crippen LogP contribution in [0.2, 0.25) is 0 Å². The Kier molecular flexibility index (Phi) is 4.48. The second kappa shape index (κ2) is 6.88. The van der Waals surface area contributed by atoms with Crippen molar-refractivity contribution in [1.29, 1.82) is 0 Å². The number of benzene rings is 3. The smallest absolute Gasteiger partial charge is 0.131 e. The molecule has 0 aliphatic carbocycles. The Bertz CT molecular complexity index is 765. The van der Waals surface area contributed by atoms with Crippen LogP contribution < -0.4 is 9.47 Å². The van der Waals surface area contributed by atoms with Gasteiger partial charge in [-0.1, -0.05) is 48.5 Å². The fraction of sp³-hybridized carbons (Fsp3) is 0.100. The van der Waals surface area contributed by atoms with E-state index in [2.05, 4.69) is 0 Å². The van der Waals surface area contributed by atoms with Crippen LogP contribution in [0.15, 0.2) is 72.8 Å². The molecule has 0 bridgehead atoms. The van der Waals surface area contributed by atoms with Crippen LogP contribution in [0.3, 0.4) is 0 Å². The predicted molar refractivity (Wildman–Crippen MR) is 90.9 cm³/mol. The molecule has 0 spiro atoms. The van der Waals surface area contributed by atoms with Gasteiger partial charge in [0.25, 0.3) is 0 Å². The maximum absolute atomic E-state index is 10.3. The molecule has 0 atom stereocenters. The van der Waals surface area contributed by atoms with E-state index < -0.39 is 0 Å². The highest BCUT2D eigenvalue weighted by molar-refractivity contribution is 5.76. The van der Waals surface area contributed by atoms with Crippen LogP contribution in [0, 0.1) is 0 Å². The average Bonchev–Trinajstić information content (AvgIpc) is 2.61. The summed E-state index contributed by atoms with van der Waals surface area (Å²) in [4.78, 5) is 0. The maximum atomic E-state index is 10.3. The van der Waals surface area contributed by atoms with Crippen molar-refractivity contribution in [2.75, 3.05) is 7.11 Å². The van der Waals surface area contributed by atoms with Gasteiger partial charge < -0.3 is 14.6 Å². The first-order valence-corrected chi connectivity index (χ1v) is 7.41. The molecule has 3 aromatic carbocycles. The van der Waals surface area contributed by atoms with Crippen molar-refractivity contribution < 1.29 is 14.6 Å². The minimum atomic E-state index is 0.195. The Morgan fingerprint density at radius 3 is 2.26 bits per heavy atom. The molecule has 3 rings (SSSR count). The molecular weight excluding hydrogens is 288 g/mol. The lowest BCUT2D eigenvalue weighted by Gasteiger charge is -2.13. The molecule has 116 valence electrons. The van der Waals surface area contributed by atoms with Crippen LogP contribution in [-0.2, 0) is 6.61 Å². The first-order valence-electron chi connectivity index (χ1n) is 7.41. The number of rotatable bonds is 5. The third-order valence-electron chi connectivity index (χ3n) is 3.62. The van der Waals surface area contributed by atoms with Crippen LogP contribution >= 0.6 is 0 Å². The van der Waals surface area contributed by atoms with E-state index in [0.29, 0.717) is 17.9 Å². The van der Waals surface area contributed by atoms with E-state index in [-0.39, 0.29) is 5.75 Å². The molecule has 0 saturated carbocycles. The van der Waals surface area contributed by atoms with Gasteiger partial charge in [0.05, 0.1) is 12.7 Å². The SMILES string of the molecule is COc1ccc(-c2c(O)cccc2OCc2ccccc2)cc1. The average molecular weight is 306 g/mol. The van der Waals surface area contributed by atoms with Gasteiger partial charge in [0.15, 0.2) is 0 Å². The molecule has 23 heavy (non-hydrogen) atoms. The number of ether oxygens (including phenoxy) is 2. The standard InChI is InChI=1S/C20H18O3/c1-22-17-12-10-16(11-13-17)20-18(21)8-5-9-19(20)23-14-15-6-3-2-4-7-15/h2-13,21H,14H2,1H3. The Morgan fingerprint density at radius 1 is 0.826 bits per heavy atom. The Morgan fingerprint density at radius 2 is 1.57 bits per heavy atom. The Balaban J connectivity index is 1.90. The highest BCUT2D eigenvalue weighted by Gasteiger charge is 2.12. The summed E-state index contributed by atoms with van der Waals surface area (Å²) in [5, 5.41) is 10.3. The summed E-state index contributed by atoms with van der Waals surface area (Å²) in [6, 6.07) is 22.8. The molecule has 0 saturated heterocycles. The van der Waals surface area contributed by atoms with Gasteiger partial charge in [0, 0.05) is 0 Å². The zero-order valence-corrected chi connectivity index (χ0v) is 12.9. The van der Waals surface area contributed by atoms with E-state index >= 15 is 0 Å². The molecule has 0 aliphatic heterocycles. The molecule has 0 fully saturated rings. The van der Waals surface area contributed by atoms with Crippen molar-refractivity contribution in [3.8, 4) is 28.4 Å². The first-order chi connectivity index (χ1) is 11.3. The van der Waals surface area contributed by atoms with Crippen molar-refractivity contribution in [3.05, 3.63) is 78.4 Å². The second-order valence-corrected chi connectivity index (χ2v) is 5.15. The number of phenols is 1. The summed E-state index contributed by atoms with van der Waals surface area (Å²) < 4.78 is 11.1. The zero-order valence-electron chi connectivity index (χ0n) is 12.9. The minimum Gasteiger partial charge on any atom is -0.507 e. The van der Waals surface area contributed by atoms with Crippen LogP contribution in [0.1, 0.15) is 5.56 Å². The van der Waals surface area contributed by atoms with E-state index in [1.54, 1.807) is 19.2 Å². The van der Waals surface area contributed by atoms with E-state index in [4.69, 9.17) is 9.47 Å². The van der Waals surface area contributed by atoms with Gasteiger partial charge in [-0.25, -0.2) is 0 Å². The van der Waals surface area contributed by atoms with Crippen molar-refractivity contribution in [1.82, 2.24) is 0 Å². The van der Waals surface area contributed by atoms with E-state index in [1.807, 2.05) is 60.7 Å². The fourth-order valence-electron chi connectivity index (χ4n) is 2.42. The molecule has 3 heteroatoms. The lowest BCUT2D eigenvalue weighted by molar-refractivity contribution is 0.306. The van der Waals surface area contributed by atoms with E-state index in [1.165, 1.54) is 0 Å². The minimum absolute atomic E-state index is 0.195. The van der Waals surface area contributed by atoms with Gasteiger partial charge in [-0.2, -0.15) is 0 Å². The van der Waals surface area contributed by atoms with Gasteiger partial charge in [-0.05, 0) is 35.4 Å². The number of aromatic hydroxyl groups is 1. The number of methoxy groups -OCH3 is 1. The lowest BCUT2D eigenvalue weighted by atomic mass is 10.0. The third kappa shape index (κ3) is 3.46. The summed E-state index contributed by atoms with van der Waals surface area (Å²) in [6.45, 7) is 0.452. The molecule has 0 amide bonds. The monoisotopic (exact) mass is 306 g/mol. The molecule has 0 aromatic heterocycles. The van der Waals surface area contributed by atoms with Crippen molar-refractivity contribution >= 4 is 0 Å². The van der Waals surface area contributed by atoms with Crippen LogP contribution in [-0.4, -0.2) is 12.2 Å². The number of hydrogen-bond donors (Lipinski definition) is 1. The molecule has 0 radical (unpaired) electrons. The van der Waals surface area contributed by atoms with Crippen molar-refractivity contribution in [2.45, 2.75) is 6.61 Å². The second-order valence-electron chi connectivity index (χ2n) is 5.15. The summed E-state index contributed by atoms with van der Waals surface area (Å²) in [5.41, 5.74) is 2.65. The Hall–Kier alpha value is -2.94. The molecule has 0 unspecified atom stereocenters. The van der Waals surface area contributed by atoms with Gasteiger partial charge in [0.2, 0.25) is 0 Å². The topological polar surface area (TPSA) is 38.7 Å². The number of phenolic OH excluding ortho intramolecular Hbond substituents is 1. The Labute approximate surface area is 135 Å². The highest BCUT2D eigenvalue weighted by atomic mass is 16.5. The van der Waals surface area contributed by atoms with Crippen LogP contribution in [0.5, 0.6) is 17.2 Å². The van der Waals surface area contributed by atoms with Gasteiger partial charge in [-0.3, -0.25) is 0 Å². The van der Waals surface area contributed by atoms with E-state index in [9.17, 15) is 5.11 Å². The van der Waals surface area contributed by atoms with Crippen molar-refractivity contribution in [3.63, 3.8) is 0 Å².